The Morgan fingerprint density at radius 1 is 1.30 bits per heavy atom. The van der Waals surface area contributed by atoms with Gasteiger partial charge in [0.05, 0.1) is 30.1 Å². The highest BCUT2D eigenvalue weighted by Crippen LogP contribution is 2.33. The minimum absolute atomic E-state index is 0.0885. The first-order chi connectivity index (χ1) is 13.2. The van der Waals surface area contributed by atoms with Crippen LogP contribution in [0.4, 0.5) is 5.82 Å². The van der Waals surface area contributed by atoms with Crippen LogP contribution in [0.2, 0.25) is 0 Å². The Labute approximate surface area is 155 Å². The van der Waals surface area contributed by atoms with Crippen molar-refractivity contribution in [2.75, 3.05) is 25.2 Å². The Morgan fingerprint density at radius 3 is 2.96 bits per heavy atom. The average molecular weight is 367 g/mol. The van der Waals surface area contributed by atoms with Crippen molar-refractivity contribution < 1.29 is 4.74 Å². The predicted molar refractivity (Wildman–Crippen MR) is 102 cm³/mol. The number of hydrogen-bond donors (Lipinski definition) is 1. The number of benzene rings is 1. The summed E-state index contributed by atoms with van der Waals surface area (Å²) in [5.41, 5.74) is 0.332. The molecule has 1 saturated heterocycles. The number of nitrogens with one attached hydrogen (secondary N) is 1. The van der Waals surface area contributed by atoms with Crippen molar-refractivity contribution in [1.82, 2.24) is 19.5 Å². The normalized spacial score (nSPS) is 16.9. The summed E-state index contributed by atoms with van der Waals surface area (Å²) in [5.74, 6) is 1.01. The molecule has 8 heteroatoms. The zero-order valence-electron chi connectivity index (χ0n) is 15.1. The molecular weight excluding hydrogens is 346 g/mol. The Kier molecular flexibility index (Phi) is 4.72. The van der Waals surface area contributed by atoms with Crippen molar-refractivity contribution in [2.24, 2.45) is 0 Å². The first-order valence-corrected chi connectivity index (χ1v) is 8.99. The van der Waals surface area contributed by atoms with E-state index < -0.39 is 0 Å². The lowest BCUT2D eigenvalue weighted by molar-refractivity contribution is 0.184. The number of nitrogens with zero attached hydrogens (tertiary/aromatic N) is 4. The zero-order chi connectivity index (χ0) is 18.8. The minimum atomic E-state index is -0.240. The van der Waals surface area contributed by atoms with E-state index in [0.29, 0.717) is 42.2 Å². The van der Waals surface area contributed by atoms with Gasteiger partial charge in [0, 0.05) is 26.0 Å². The standard InChI is InChI=1S/C19H21N5O3/c1-27-12-11-24-16(22-14-6-3-2-5-13(14)19(24)26)15-7-4-10-23(15)17-18(25)21-9-8-20-17/h2-3,5-6,8-9,15H,4,7,10-12H2,1H3,(H,21,25). The molecule has 0 amide bonds. The van der Waals surface area contributed by atoms with Gasteiger partial charge in [-0.05, 0) is 25.0 Å². The number of rotatable bonds is 5. The van der Waals surface area contributed by atoms with Gasteiger partial charge in [0.1, 0.15) is 5.82 Å². The van der Waals surface area contributed by atoms with E-state index in [1.165, 1.54) is 6.20 Å². The van der Waals surface area contributed by atoms with Crippen LogP contribution in [0.3, 0.4) is 0 Å². The van der Waals surface area contributed by atoms with Crippen LogP contribution in [0.15, 0.2) is 46.2 Å². The zero-order valence-corrected chi connectivity index (χ0v) is 15.1. The highest BCUT2D eigenvalue weighted by atomic mass is 16.5. The molecule has 1 unspecified atom stereocenters. The monoisotopic (exact) mass is 367 g/mol. The number of aromatic amines is 1. The van der Waals surface area contributed by atoms with Crippen molar-refractivity contribution in [3.05, 3.63) is 63.2 Å². The van der Waals surface area contributed by atoms with Crippen molar-refractivity contribution in [1.29, 1.82) is 0 Å². The smallest absolute Gasteiger partial charge is 0.290 e. The fourth-order valence-corrected chi connectivity index (χ4v) is 3.68. The molecule has 0 aliphatic carbocycles. The Bertz CT molecular complexity index is 1070. The van der Waals surface area contributed by atoms with Gasteiger partial charge in [0.2, 0.25) is 0 Å². The number of fused-ring (bicyclic) bond motifs is 1. The van der Waals surface area contributed by atoms with E-state index in [1.54, 1.807) is 23.9 Å². The van der Waals surface area contributed by atoms with Crippen LogP contribution in [0.5, 0.6) is 0 Å². The Morgan fingerprint density at radius 2 is 2.15 bits per heavy atom. The second-order valence-corrected chi connectivity index (χ2v) is 6.53. The van der Waals surface area contributed by atoms with Crippen molar-refractivity contribution in [3.8, 4) is 0 Å². The van der Waals surface area contributed by atoms with E-state index >= 15 is 0 Å². The number of anilines is 1. The highest BCUT2D eigenvalue weighted by molar-refractivity contribution is 5.77. The fraction of sp³-hybridized carbons (Fsp3) is 0.368. The van der Waals surface area contributed by atoms with Gasteiger partial charge in [-0.15, -0.1) is 0 Å². The number of hydrogen-bond acceptors (Lipinski definition) is 6. The molecule has 0 radical (unpaired) electrons. The van der Waals surface area contributed by atoms with Gasteiger partial charge in [-0.25, -0.2) is 9.97 Å². The molecule has 4 rings (SSSR count). The summed E-state index contributed by atoms with van der Waals surface area (Å²) in [6.45, 7) is 1.51. The first kappa shape index (κ1) is 17.4. The predicted octanol–water partition coefficient (Wildman–Crippen LogP) is 1.47. The lowest BCUT2D eigenvalue weighted by atomic mass is 10.1. The molecule has 0 saturated carbocycles. The van der Waals surface area contributed by atoms with Crippen LogP contribution in [-0.4, -0.2) is 39.8 Å². The fourth-order valence-electron chi connectivity index (χ4n) is 3.68. The molecule has 1 atom stereocenters. The molecular formula is C19H21N5O3. The van der Waals surface area contributed by atoms with Crippen LogP contribution >= 0.6 is 0 Å². The topological polar surface area (TPSA) is 93.1 Å². The van der Waals surface area contributed by atoms with Crippen molar-refractivity contribution in [3.63, 3.8) is 0 Å². The largest absolute Gasteiger partial charge is 0.383 e. The van der Waals surface area contributed by atoms with Crippen molar-refractivity contribution >= 4 is 16.7 Å². The quantitative estimate of drug-likeness (QED) is 0.734. The minimum Gasteiger partial charge on any atom is -0.383 e. The number of ether oxygens (including phenoxy) is 1. The Hall–Kier alpha value is -3.00. The van der Waals surface area contributed by atoms with E-state index in [1.807, 2.05) is 23.1 Å². The SMILES string of the molecule is COCCn1c(C2CCCN2c2ncc[nH]c2=O)nc2ccccc2c1=O. The van der Waals surface area contributed by atoms with E-state index in [2.05, 4.69) is 9.97 Å². The average Bonchev–Trinajstić information content (AvgIpc) is 3.17. The third-order valence-corrected chi connectivity index (χ3v) is 4.92. The molecule has 1 aromatic carbocycles. The molecule has 0 spiro atoms. The molecule has 140 valence electrons. The summed E-state index contributed by atoms with van der Waals surface area (Å²) >= 11 is 0. The summed E-state index contributed by atoms with van der Waals surface area (Å²) in [5, 5.41) is 0.581. The number of H-pyrrole nitrogens is 1. The number of para-hydroxylation sites is 1. The van der Waals surface area contributed by atoms with E-state index in [0.717, 1.165) is 12.8 Å². The molecule has 1 aliphatic heterocycles. The summed E-state index contributed by atoms with van der Waals surface area (Å²) in [6, 6.07) is 7.14. The number of methoxy groups -OCH3 is 1. The molecule has 3 heterocycles. The maximum Gasteiger partial charge on any atom is 0.290 e. The lowest BCUT2D eigenvalue weighted by Gasteiger charge is -2.26. The molecule has 1 aliphatic rings. The molecule has 0 bridgehead atoms. The third-order valence-electron chi connectivity index (χ3n) is 4.92. The van der Waals surface area contributed by atoms with E-state index in [4.69, 9.17) is 9.72 Å². The lowest BCUT2D eigenvalue weighted by Crippen LogP contribution is -2.35. The second kappa shape index (κ2) is 7.32. The summed E-state index contributed by atoms with van der Waals surface area (Å²) < 4.78 is 6.87. The van der Waals surface area contributed by atoms with Gasteiger partial charge in [0.15, 0.2) is 5.82 Å². The highest BCUT2D eigenvalue weighted by Gasteiger charge is 2.32. The molecule has 3 aromatic rings. The van der Waals surface area contributed by atoms with Crippen LogP contribution < -0.4 is 16.0 Å². The number of aromatic nitrogens is 4. The van der Waals surface area contributed by atoms with Gasteiger partial charge in [-0.1, -0.05) is 12.1 Å². The van der Waals surface area contributed by atoms with Gasteiger partial charge in [0.25, 0.3) is 11.1 Å². The van der Waals surface area contributed by atoms with Crippen LogP contribution in [-0.2, 0) is 11.3 Å². The van der Waals surface area contributed by atoms with Crippen molar-refractivity contribution in [2.45, 2.75) is 25.4 Å². The summed E-state index contributed by atoms with van der Waals surface area (Å²) in [7, 11) is 1.61. The maximum absolute atomic E-state index is 13.1. The molecule has 2 aromatic heterocycles. The third kappa shape index (κ3) is 3.12. The van der Waals surface area contributed by atoms with E-state index in [9.17, 15) is 9.59 Å². The first-order valence-electron chi connectivity index (χ1n) is 8.99. The van der Waals surface area contributed by atoms with Gasteiger partial charge in [-0.3, -0.25) is 14.2 Å². The molecule has 1 N–H and O–H groups in total. The second-order valence-electron chi connectivity index (χ2n) is 6.53. The van der Waals surface area contributed by atoms with Gasteiger partial charge >= 0.3 is 0 Å². The van der Waals surface area contributed by atoms with Crippen LogP contribution in [0, 0.1) is 0 Å². The van der Waals surface area contributed by atoms with Gasteiger partial charge < -0.3 is 14.6 Å². The van der Waals surface area contributed by atoms with E-state index in [-0.39, 0.29) is 17.2 Å². The van der Waals surface area contributed by atoms with Gasteiger partial charge in [-0.2, -0.15) is 0 Å². The maximum atomic E-state index is 13.1. The molecule has 8 nitrogen and oxygen atoms in total. The summed E-state index contributed by atoms with van der Waals surface area (Å²) in [4.78, 5) is 39.0. The Balaban J connectivity index is 1.87. The summed E-state index contributed by atoms with van der Waals surface area (Å²) in [6.07, 6.45) is 4.78. The molecule has 27 heavy (non-hydrogen) atoms. The molecule has 1 fully saturated rings. The van der Waals surface area contributed by atoms with Crippen LogP contribution in [0.1, 0.15) is 24.7 Å². The van der Waals surface area contributed by atoms with Crippen LogP contribution in [0.25, 0.3) is 10.9 Å².